The summed E-state index contributed by atoms with van der Waals surface area (Å²) in [5.74, 6) is -0.821. The van der Waals surface area contributed by atoms with Gasteiger partial charge in [-0.25, -0.2) is 8.78 Å². The lowest BCUT2D eigenvalue weighted by Crippen LogP contribution is -1.75. The SMILES string of the molecule is Fc1ccc(F)cc1.OBO. The lowest BCUT2D eigenvalue weighted by atomic mass is 10.3. The van der Waals surface area contributed by atoms with Gasteiger partial charge >= 0.3 is 7.69 Å². The van der Waals surface area contributed by atoms with Crippen LogP contribution in [-0.2, 0) is 0 Å². The van der Waals surface area contributed by atoms with Gasteiger partial charge in [0.05, 0.1) is 0 Å². The zero-order chi connectivity index (χ0) is 8.69. The predicted octanol–water partition coefficient (Wildman–Crippen LogP) is 0.202. The van der Waals surface area contributed by atoms with Crippen LogP contribution in [-0.4, -0.2) is 17.7 Å². The molecule has 2 N–H and O–H groups in total. The van der Waals surface area contributed by atoms with Gasteiger partial charge in [0.15, 0.2) is 0 Å². The minimum atomic E-state index is -0.750. The summed E-state index contributed by atoms with van der Waals surface area (Å²) in [5, 5.41) is 14.2. The molecule has 60 valence electrons. The van der Waals surface area contributed by atoms with Gasteiger partial charge in [-0.15, -0.1) is 0 Å². The van der Waals surface area contributed by atoms with E-state index in [1.54, 1.807) is 0 Å². The highest BCUT2D eigenvalue weighted by Crippen LogP contribution is 1.98. The molecule has 0 heterocycles. The van der Waals surface area contributed by atoms with Crippen LogP contribution in [0.5, 0.6) is 0 Å². The molecule has 0 bridgehead atoms. The Morgan fingerprint density at radius 1 is 0.909 bits per heavy atom. The van der Waals surface area contributed by atoms with E-state index >= 15 is 0 Å². The fraction of sp³-hybridized carbons (Fsp3) is 0. The van der Waals surface area contributed by atoms with Gasteiger partial charge in [-0.2, -0.15) is 0 Å². The van der Waals surface area contributed by atoms with Crippen molar-refractivity contribution in [2.75, 3.05) is 0 Å². The maximum absolute atomic E-state index is 11.9. The van der Waals surface area contributed by atoms with E-state index in [9.17, 15) is 8.78 Å². The first-order chi connectivity index (χ1) is 5.20. The van der Waals surface area contributed by atoms with Gasteiger partial charge in [0.25, 0.3) is 0 Å². The molecule has 5 heteroatoms. The minimum absolute atomic E-state index is 0.411. The van der Waals surface area contributed by atoms with Crippen LogP contribution < -0.4 is 0 Å². The lowest BCUT2D eigenvalue weighted by Gasteiger charge is -1.83. The monoisotopic (exact) mass is 160 g/mol. The lowest BCUT2D eigenvalue weighted by molar-refractivity contribution is 0.448. The van der Waals surface area contributed by atoms with Gasteiger partial charge in [-0.05, 0) is 24.3 Å². The number of hydrogen-bond acceptors (Lipinski definition) is 2. The van der Waals surface area contributed by atoms with E-state index in [-0.39, 0.29) is 0 Å². The Morgan fingerprint density at radius 2 is 1.09 bits per heavy atom. The Bertz CT molecular complexity index is 169. The summed E-state index contributed by atoms with van der Waals surface area (Å²) in [6.07, 6.45) is 0. The molecule has 1 aromatic carbocycles. The van der Waals surface area contributed by atoms with Crippen molar-refractivity contribution in [3.8, 4) is 0 Å². The van der Waals surface area contributed by atoms with E-state index < -0.39 is 19.3 Å². The second-order valence-corrected chi connectivity index (χ2v) is 1.58. The fourth-order valence-electron chi connectivity index (χ4n) is 0.430. The summed E-state index contributed by atoms with van der Waals surface area (Å²) in [5.41, 5.74) is 0. The molecule has 1 rings (SSSR count). The highest BCUT2D eigenvalue weighted by Gasteiger charge is 1.86. The van der Waals surface area contributed by atoms with Gasteiger partial charge in [-0.1, -0.05) is 0 Å². The number of hydrogen-bond donors (Lipinski definition) is 2. The van der Waals surface area contributed by atoms with Gasteiger partial charge in [0.1, 0.15) is 11.6 Å². The normalized spacial score (nSPS) is 8.00. The van der Waals surface area contributed by atoms with Crippen molar-refractivity contribution in [2.24, 2.45) is 0 Å². The molecular weight excluding hydrogens is 153 g/mol. The van der Waals surface area contributed by atoms with Crippen molar-refractivity contribution < 1.29 is 18.8 Å². The Balaban J connectivity index is 0.000000292. The average Bonchev–Trinajstić information content (AvgIpc) is 1.97. The summed E-state index contributed by atoms with van der Waals surface area (Å²) in [6, 6.07) is 4.31. The highest BCUT2D eigenvalue weighted by atomic mass is 19.1. The molecule has 0 spiro atoms. The summed E-state index contributed by atoms with van der Waals surface area (Å²) in [4.78, 5) is 0. The molecule has 0 atom stereocenters. The summed E-state index contributed by atoms with van der Waals surface area (Å²) in [6.45, 7) is 0. The van der Waals surface area contributed by atoms with Gasteiger partial charge in [-0.3, -0.25) is 0 Å². The van der Waals surface area contributed by atoms with E-state index in [4.69, 9.17) is 10.0 Å². The van der Waals surface area contributed by atoms with Crippen LogP contribution in [0.1, 0.15) is 0 Å². The van der Waals surface area contributed by atoms with Crippen LogP contribution in [0.4, 0.5) is 8.78 Å². The molecule has 0 aliphatic rings. The maximum atomic E-state index is 11.9. The maximum Gasteiger partial charge on any atom is 0.432 e. The molecule has 0 saturated carbocycles. The zero-order valence-corrected chi connectivity index (χ0v) is 5.67. The van der Waals surface area contributed by atoms with Crippen molar-refractivity contribution in [3.63, 3.8) is 0 Å². The van der Waals surface area contributed by atoms with Crippen LogP contribution in [0, 0.1) is 11.6 Å². The molecule has 0 radical (unpaired) electrons. The largest absolute Gasteiger partial charge is 0.432 e. The highest BCUT2D eigenvalue weighted by molar-refractivity contribution is 6.13. The second kappa shape index (κ2) is 5.82. The third kappa shape index (κ3) is 5.51. The Labute approximate surface area is 63.4 Å². The Morgan fingerprint density at radius 3 is 1.27 bits per heavy atom. The standard InChI is InChI=1S/C6H4F2.BH3O2/c7-5-1-2-6(8)4-3-5;2-1-3/h1-4H;1-3H. The van der Waals surface area contributed by atoms with Crippen molar-refractivity contribution in [1.82, 2.24) is 0 Å². The molecule has 0 aliphatic heterocycles. The summed E-state index contributed by atoms with van der Waals surface area (Å²) >= 11 is 0. The first-order valence-electron chi connectivity index (χ1n) is 2.83. The summed E-state index contributed by atoms with van der Waals surface area (Å²) < 4.78 is 23.8. The second-order valence-electron chi connectivity index (χ2n) is 1.58. The van der Waals surface area contributed by atoms with Crippen LogP contribution in [0.2, 0.25) is 0 Å². The predicted molar refractivity (Wildman–Crippen MR) is 37.9 cm³/mol. The van der Waals surface area contributed by atoms with E-state index in [0.717, 1.165) is 24.3 Å². The van der Waals surface area contributed by atoms with Gasteiger partial charge in [0, 0.05) is 0 Å². The van der Waals surface area contributed by atoms with E-state index in [0.29, 0.717) is 0 Å². The average molecular weight is 160 g/mol. The molecular formula is C6H7BF2O2. The Hall–Kier alpha value is -0.935. The van der Waals surface area contributed by atoms with E-state index in [1.807, 2.05) is 0 Å². The molecule has 0 aliphatic carbocycles. The van der Waals surface area contributed by atoms with Gasteiger partial charge < -0.3 is 10.0 Å². The van der Waals surface area contributed by atoms with Crippen molar-refractivity contribution in [2.45, 2.75) is 0 Å². The van der Waals surface area contributed by atoms with Crippen molar-refractivity contribution in [1.29, 1.82) is 0 Å². The molecule has 11 heavy (non-hydrogen) atoms. The third-order valence-electron chi connectivity index (χ3n) is 0.804. The van der Waals surface area contributed by atoms with Crippen LogP contribution in [0.3, 0.4) is 0 Å². The number of benzene rings is 1. The topological polar surface area (TPSA) is 40.5 Å². The molecule has 2 nitrogen and oxygen atoms in total. The minimum Gasteiger partial charge on any atom is -0.430 e. The van der Waals surface area contributed by atoms with E-state index in [1.165, 1.54) is 0 Å². The van der Waals surface area contributed by atoms with Crippen LogP contribution in [0.25, 0.3) is 0 Å². The zero-order valence-electron chi connectivity index (χ0n) is 5.67. The molecule has 0 saturated heterocycles. The fourth-order valence-corrected chi connectivity index (χ4v) is 0.430. The van der Waals surface area contributed by atoms with Crippen molar-refractivity contribution in [3.05, 3.63) is 35.9 Å². The first-order valence-corrected chi connectivity index (χ1v) is 2.83. The van der Waals surface area contributed by atoms with Crippen molar-refractivity contribution >= 4 is 7.69 Å². The quantitative estimate of drug-likeness (QED) is 0.532. The van der Waals surface area contributed by atoms with Crippen LogP contribution >= 0.6 is 0 Å². The van der Waals surface area contributed by atoms with Crippen LogP contribution in [0.15, 0.2) is 24.3 Å². The number of rotatable bonds is 0. The molecule has 1 aromatic rings. The smallest absolute Gasteiger partial charge is 0.430 e. The molecule has 0 unspecified atom stereocenters. The molecule has 0 amide bonds. The molecule has 0 aromatic heterocycles. The first kappa shape index (κ1) is 10.1. The Kier molecular flexibility index (Phi) is 5.33. The molecule has 0 fully saturated rings. The summed E-state index contributed by atoms with van der Waals surface area (Å²) in [7, 11) is -0.750. The number of halogens is 2. The third-order valence-corrected chi connectivity index (χ3v) is 0.804. The van der Waals surface area contributed by atoms with E-state index in [2.05, 4.69) is 0 Å². The van der Waals surface area contributed by atoms with Gasteiger partial charge in [0.2, 0.25) is 0 Å².